The van der Waals surface area contributed by atoms with Gasteiger partial charge in [-0.1, -0.05) is 30.3 Å². The molecule has 2 aromatic rings. The van der Waals surface area contributed by atoms with Crippen molar-refractivity contribution in [3.8, 4) is 5.75 Å². The average molecular weight is 595 g/mol. The van der Waals surface area contributed by atoms with Gasteiger partial charge in [0, 0.05) is 31.5 Å². The normalized spacial score (nSPS) is 14.7. The quantitative estimate of drug-likeness (QED) is 0.237. The van der Waals surface area contributed by atoms with Crippen molar-refractivity contribution in [2.24, 2.45) is 5.92 Å². The molecular weight excluding hydrogens is 560 g/mol. The molecule has 3 rings (SSSR count). The molecule has 1 atom stereocenters. The Kier molecular flexibility index (Phi) is 11.1. The molecule has 1 N–H and O–H groups in total. The van der Waals surface area contributed by atoms with Gasteiger partial charge in [0.05, 0.1) is 6.42 Å². The number of aryl methyl sites for hydroxylation is 1. The van der Waals surface area contributed by atoms with Crippen molar-refractivity contribution >= 4 is 23.6 Å². The minimum absolute atomic E-state index is 0.00691. The highest BCUT2D eigenvalue weighted by molar-refractivity contribution is 5.93. The van der Waals surface area contributed by atoms with Crippen LogP contribution in [0.2, 0.25) is 0 Å². The number of rotatable bonds is 11. The summed E-state index contributed by atoms with van der Waals surface area (Å²) >= 11 is 0. The number of ketones is 1. The molecule has 0 saturated carbocycles. The fraction of sp³-hybridized carbons (Fsp3) is 0.467. The number of Topliss-reactive ketones (excluding diaryl/α,β-unsaturated/α-hetero) is 1. The molecule has 1 aliphatic rings. The van der Waals surface area contributed by atoms with Crippen LogP contribution in [0.15, 0.2) is 36.4 Å². The maximum atomic E-state index is 14.0. The van der Waals surface area contributed by atoms with Crippen LogP contribution in [0.3, 0.4) is 0 Å². The van der Waals surface area contributed by atoms with E-state index in [2.05, 4.69) is 5.32 Å². The van der Waals surface area contributed by atoms with Crippen LogP contribution < -0.4 is 10.1 Å². The van der Waals surface area contributed by atoms with Gasteiger partial charge in [0.1, 0.15) is 18.2 Å². The molecule has 12 heteroatoms. The molecule has 1 heterocycles. The van der Waals surface area contributed by atoms with Gasteiger partial charge in [0.2, 0.25) is 23.4 Å². The van der Waals surface area contributed by atoms with Crippen molar-refractivity contribution in [3.63, 3.8) is 0 Å². The van der Waals surface area contributed by atoms with Gasteiger partial charge in [-0.05, 0) is 45.6 Å². The fourth-order valence-electron chi connectivity index (χ4n) is 4.45. The molecule has 2 aromatic carbocycles. The Morgan fingerprint density at radius 3 is 2.14 bits per heavy atom. The third-order valence-corrected chi connectivity index (χ3v) is 6.62. The summed E-state index contributed by atoms with van der Waals surface area (Å²) in [5, 5.41) is 2.47. The number of amides is 2. The molecular formula is C30H34F4N2O6. The number of carbonyl (C=O) groups is 4. The number of halogens is 4. The minimum Gasteiger partial charge on any atom is -0.479 e. The Bertz CT molecular complexity index is 1260. The van der Waals surface area contributed by atoms with Crippen molar-refractivity contribution in [3.05, 3.63) is 65.2 Å². The standard InChI is InChI=1S/C30H34F4N2O6/c1-30(2,3)42-25(39)16-22(23(37)17-41-28-26(33)20(31)15-21(32)27(28)34)35-29(40)19-11-13-36(14-12-19)24(38)10-9-18-7-5-4-6-8-18/h4-8,15,19,22H,9-14,16-17H2,1-3H3,(H,35,40)/t22-/m0/s1. The van der Waals surface area contributed by atoms with E-state index in [4.69, 9.17) is 9.47 Å². The van der Waals surface area contributed by atoms with Crippen molar-refractivity contribution < 1.29 is 46.2 Å². The Balaban J connectivity index is 1.61. The molecule has 2 amide bonds. The molecule has 0 bridgehead atoms. The maximum Gasteiger partial charge on any atom is 0.308 e. The molecule has 1 aliphatic heterocycles. The lowest BCUT2D eigenvalue weighted by Crippen LogP contribution is -2.49. The van der Waals surface area contributed by atoms with Gasteiger partial charge >= 0.3 is 5.97 Å². The fourth-order valence-corrected chi connectivity index (χ4v) is 4.45. The third-order valence-electron chi connectivity index (χ3n) is 6.62. The van der Waals surface area contributed by atoms with E-state index in [9.17, 15) is 36.7 Å². The lowest BCUT2D eigenvalue weighted by molar-refractivity contribution is -0.156. The summed E-state index contributed by atoms with van der Waals surface area (Å²) in [6.07, 6.45) is 0.915. The Labute approximate surface area is 241 Å². The van der Waals surface area contributed by atoms with Crippen molar-refractivity contribution in [2.75, 3.05) is 19.7 Å². The lowest BCUT2D eigenvalue weighted by Gasteiger charge is -2.32. The number of benzene rings is 2. The minimum atomic E-state index is -1.83. The van der Waals surface area contributed by atoms with Gasteiger partial charge in [0.15, 0.2) is 23.2 Å². The number of hydrogen-bond acceptors (Lipinski definition) is 6. The van der Waals surface area contributed by atoms with Crippen LogP contribution in [0.4, 0.5) is 17.6 Å². The number of likely N-dealkylation sites (tertiary alicyclic amines) is 1. The van der Waals surface area contributed by atoms with Crippen molar-refractivity contribution in [1.29, 1.82) is 0 Å². The molecule has 1 saturated heterocycles. The predicted molar refractivity (Wildman–Crippen MR) is 143 cm³/mol. The lowest BCUT2D eigenvalue weighted by atomic mass is 9.94. The number of ether oxygens (including phenoxy) is 2. The molecule has 0 unspecified atom stereocenters. The third kappa shape index (κ3) is 9.28. The van der Waals surface area contributed by atoms with Gasteiger partial charge in [-0.2, -0.15) is 8.78 Å². The van der Waals surface area contributed by atoms with E-state index in [1.165, 1.54) is 0 Å². The first-order valence-corrected chi connectivity index (χ1v) is 13.6. The Hall–Kier alpha value is -3.96. The van der Waals surface area contributed by atoms with Crippen molar-refractivity contribution in [2.45, 2.75) is 64.5 Å². The van der Waals surface area contributed by atoms with Gasteiger partial charge < -0.3 is 19.7 Å². The SMILES string of the molecule is CC(C)(C)OC(=O)C[C@H](NC(=O)C1CCN(C(=O)CCc2ccccc2)CC1)C(=O)COc1c(F)c(F)cc(F)c1F. The second-order valence-electron chi connectivity index (χ2n) is 11.0. The monoisotopic (exact) mass is 594 g/mol. The topological polar surface area (TPSA) is 102 Å². The number of esters is 1. The number of nitrogens with zero attached hydrogens (tertiary/aromatic N) is 1. The number of nitrogens with one attached hydrogen (secondary N) is 1. The van der Waals surface area contributed by atoms with Crippen LogP contribution in [0.1, 0.15) is 52.0 Å². The summed E-state index contributed by atoms with van der Waals surface area (Å²) in [6.45, 7) is 4.35. The number of carbonyl (C=O) groups excluding carboxylic acids is 4. The van der Waals surface area contributed by atoms with Crippen LogP contribution in [-0.2, 0) is 30.3 Å². The molecule has 0 aromatic heterocycles. The zero-order valence-electron chi connectivity index (χ0n) is 23.7. The molecule has 1 fully saturated rings. The summed E-state index contributed by atoms with van der Waals surface area (Å²) in [4.78, 5) is 52.8. The molecule has 228 valence electrons. The van der Waals surface area contributed by atoms with Gasteiger partial charge in [-0.15, -0.1) is 0 Å². The van der Waals surface area contributed by atoms with Crippen LogP contribution in [0, 0.1) is 29.2 Å². The molecule has 0 aliphatic carbocycles. The Morgan fingerprint density at radius 2 is 1.57 bits per heavy atom. The number of piperidine rings is 1. The molecule has 0 spiro atoms. The average Bonchev–Trinajstić information content (AvgIpc) is 2.94. The summed E-state index contributed by atoms with van der Waals surface area (Å²) in [6, 6.07) is 8.05. The van der Waals surface area contributed by atoms with Crippen LogP contribution in [-0.4, -0.2) is 59.8 Å². The molecule has 8 nitrogen and oxygen atoms in total. The van der Waals surface area contributed by atoms with E-state index in [-0.39, 0.29) is 12.0 Å². The van der Waals surface area contributed by atoms with E-state index in [1.807, 2.05) is 30.3 Å². The first-order chi connectivity index (χ1) is 19.7. The highest BCUT2D eigenvalue weighted by Crippen LogP contribution is 2.26. The second kappa shape index (κ2) is 14.3. The van der Waals surface area contributed by atoms with Crippen LogP contribution >= 0.6 is 0 Å². The summed E-state index contributed by atoms with van der Waals surface area (Å²) in [5.74, 6) is -11.6. The van der Waals surface area contributed by atoms with E-state index in [1.54, 1.807) is 25.7 Å². The van der Waals surface area contributed by atoms with E-state index in [0.29, 0.717) is 38.8 Å². The zero-order chi connectivity index (χ0) is 31.0. The van der Waals surface area contributed by atoms with Crippen molar-refractivity contribution in [1.82, 2.24) is 10.2 Å². The number of hydrogen-bond donors (Lipinski definition) is 1. The second-order valence-corrected chi connectivity index (χ2v) is 11.0. The summed E-state index contributed by atoms with van der Waals surface area (Å²) < 4.78 is 65.0. The maximum absolute atomic E-state index is 14.0. The predicted octanol–water partition coefficient (Wildman–Crippen LogP) is 4.28. The zero-order valence-corrected chi connectivity index (χ0v) is 23.7. The van der Waals surface area contributed by atoms with Gasteiger partial charge in [0.25, 0.3) is 0 Å². The molecule has 42 heavy (non-hydrogen) atoms. The summed E-state index contributed by atoms with van der Waals surface area (Å²) in [5.41, 5.74) is 0.133. The van der Waals surface area contributed by atoms with Gasteiger partial charge in [-0.25, -0.2) is 8.78 Å². The van der Waals surface area contributed by atoms with E-state index in [0.717, 1.165) is 5.56 Å². The highest BCUT2D eigenvalue weighted by atomic mass is 19.2. The van der Waals surface area contributed by atoms with Crippen LogP contribution in [0.25, 0.3) is 0 Å². The molecule has 0 radical (unpaired) electrons. The van der Waals surface area contributed by atoms with E-state index < -0.39 is 77.3 Å². The Morgan fingerprint density at radius 1 is 0.976 bits per heavy atom. The van der Waals surface area contributed by atoms with E-state index >= 15 is 0 Å². The van der Waals surface area contributed by atoms with Crippen LogP contribution in [0.5, 0.6) is 5.75 Å². The first kappa shape index (κ1) is 32.6. The van der Waals surface area contributed by atoms with Gasteiger partial charge in [-0.3, -0.25) is 19.2 Å². The smallest absolute Gasteiger partial charge is 0.308 e. The largest absolute Gasteiger partial charge is 0.479 e. The highest BCUT2D eigenvalue weighted by Gasteiger charge is 2.33. The summed E-state index contributed by atoms with van der Waals surface area (Å²) in [7, 11) is 0. The first-order valence-electron chi connectivity index (χ1n) is 13.6.